The summed E-state index contributed by atoms with van der Waals surface area (Å²) in [6, 6.07) is 20.4. The monoisotopic (exact) mass is 1220 g/mol. The van der Waals surface area contributed by atoms with Gasteiger partial charge in [0.1, 0.15) is 31.0 Å². The predicted octanol–water partition coefficient (Wildman–Crippen LogP) is -6.12. The summed E-state index contributed by atoms with van der Waals surface area (Å²) in [4.78, 5) is 8.37. The van der Waals surface area contributed by atoms with Crippen LogP contribution in [0.5, 0.6) is 11.5 Å². The van der Waals surface area contributed by atoms with E-state index in [2.05, 4.69) is 25.8 Å². The predicted molar refractivity (Wildman–Crippen MR) is 237 cm³/mol. The molecule has 73 heavy (non-hydrogen) atoms. The van der Waals surface area contributed by atoms with Crippen LogP contribution in [0.25, 0.3) is 27.1 Å². The van der Waals surface area contributed by atoms with Crippen LogP contribution in [-0.2, 0) is 74.6 Å². The van der Waals surface area contributed by atoms with Gasteiger partial charge < -0.3 is 38.0 Å². The molecule has 1 aliphatic rings. The van der Waals surface area contributed by atoms with Crippen LogP contribution in [0.3, 0.4) is 0 Å². The summed E-state index contributed by atoms with van der Waals surface area (Å²) < 4.78 is 142. The van der Waals surface area contributed by atoms with Crippen LogP contribution >= 0.6 is 0 Å². The van der Waals surface area contributed by atoms with Gasteiger partial charge in [0.05, 0.1) is 0 Å². The number of allylic oxidation sites excluding steroid dienone is 2. The molecule has 1 atom stereocenters. The fourth-order valence-corrected chi connectivity index (χ4v) is 9.56. The number of anilines is 1. The van der Waals surface area contributed by atoms with Crippen LogP contribution in [0.15, 0.2) is 161 Å². The molecule has 15 N–H and O–H groups in total. The Hall–Kier alpha value is -1.89. The number of carbonyl (C=O) groups excluding carboxylic acids is 1. The maximum Gasteiger partial charge on any atom is 1.00 e. The third kappa shape index (κ3) is 15.7. The van der Waals surface area contributed by atoms with Crippen molar-refractivity contribution in [1.82, 2.24) is 12.3 Å². The molecule has 0 fully saturated rings. The summed E-state index contributed by atoms with van der Waals surface area (Å²) in [5.74, 6) is -6.72. The van der Waals surface area contributed by atoms with Gasteiger partial charge in [0.25, 0.3) is 52.0 Å². The maximum atomic E-state index is 12.9. The van der Waals surface area contributed by atoms with Gasteiger partial charge in [-0.05, 0) is 65.8 Å². The fourth-order valence-electron chi connectivity index (χ4n) is 6.70. The number of benzene rings is 6. The van der Waals surface area contributed by atoms with Gasteiger partial charge in [0.15, 0.2) is 11.5 Å². The molecule has 0 aromatic heterocycles. The Kier molecular flexibility index (Phi) is 27.7. The molecule has 0 bridgehead atoms. The zero-order valence-corrected chi connectivity index (χ0v) is 51.4. The van der Waals surface area contributed by atoms with Crippen LogP contribution in [0.2, 0.25) is 0 Å². The average molecular weight is 1220 g/mol. The third-order valence-corrected chi connectivity index (χ3v) is 13.2. The van der Waals surface area contributed by atoms with E-state index < -0.39 is 128 Å². The smallest absolute Gasteiger partial charge is 0.505 e. The van der Waals surface area contributed by atoms with Crippen LogP contribution in [0.1, 0.15) is 15.9 Å². The van der Waals surface area contributed by atoms with Crippen molar-refractivity contribution in [1.29, 1.82) is 0 Å². The molecule has 1 amide bonds. The number of aliphatic hydroxyl groups is 2. The second kappa shape index (κ2) is 27.6. The van der Waals surface area contributed by atoms with E-state index in [1.807, 2.05) is 0 Å². The Bertz CT molecular complexity index is 3630. The number of carbonyl (C=O) groups is 1. The molecule has 1 unspecified atom stereocenters. The van der Waals surface area contributed by atoms with Crippen molar-refractivity contribution < 1.29 is 229 Å². The quantitative estimate of drug-likeness (QED) is 0.0249. The molecular formula is C39H35Cu2N7Na4O17S4+4. The summed E-state index contributed by atoms with van der Waals surface area (Å²) in [6.07, 6.45) is 2.76. The van der Waals surface area contributed by atoms with Crippen molar-refractivity contribution in [2.75, 3.05) is 5.32 Å². The number of azo groups is 2. The number of nitrogens with one attached hydrogen (secondary N) is 1. The third-order valence-electron chi connectivity index (χ3n) is 9.68. The summed E-state index contributed by atoms with van der Waals surface area (Å²) in [5.41, 5.74) is -5.06. The molecule has 1 aliphatic carbocycles. The zero-order chi connectivity index (χ0) is 47.5. The topological polar surface area (TPSA) is 447 Å². The molecule has 0 saturated heterocycles. The number of amides is 1. The molecule has 374 valence electrons. The van der Waals surface area contributed by atoms with Crippen LogP contribution < -0.4 is 136 Å². The molecule has 34 heteroatoms. The van der Waals surface area contributed by atoms with E-state index in [4.69, 9.17) is 0 Å². The Morgan fingerprint density at radius 3 is 1.42 bits per heavy atom. The minimum atomic E-state index is -5.47. The fraction of sp³-hybridized carbons (Fsp3) is 0.0513. The van der Waals surface area contributed by atoms with Crippen molar-refractivity contribution in [3.05, 3.63) is 132 Å². The molecule has 0 spiro atoms. The van der Waals surface area contributed by atoms with Crippen LogP contribution in [-0.4, -0.2) is 89.7 Å². The Labute approximate surface area is 526 Å². The largest absolute Gasteiger partial charge is 1.00 e. The van der Waals surface area contributed by atoms with Crippen molar-refractivity contribution in [2.24, 2.45) is 20.5 Å². The number of nitrogens with zero attached hydrogens (tertiary/aromatic N) is 4. The summed E-state index contributed by atoms with van der Waals surface area (Å²) in [6.45, 7) is 0. The molecule has 24 nitrogen and oxygen atoms in total. The van der Waals surface area contributed by atoms with Gasteiger partial charge in [0.2, 0.25) is 5.79 Å². The first-order chi connectivity index (χ1) is 30.2. The second-order valence-corrected chi connectivity index (χ2v) is 19.5. The van der Waals surface area contributed by atoms with Gasteiger partial charge in [-0.2, -0.15) is 33.7 Å². The molecule has 6 aromatic rings. The Morgan fingerprint density at radius 1 is 0.534 bits per heavy atom. The second-order valence-electron chi connectivity index (χ2n) is 13.9. The van der Waals surface area contributed by atoms with Crippen LogP contribution in [0, 0.1) is 0 Å². The number of phenolic OH excluding ortho intramolecular Hbond substituents is 2. The van der Waals surface area contributed by atoms with Crippen LogP contribution in [0.4, 0.5) is 17.1 Å². The van der Waals surface area contributed by atoms with Gasteiger partial charge in [-0.1, -0.05) is 66.7 Å². The number of fused-ring (bicyclic) bond motifs is 2. The average Bonchev–Trinajstić information content (AvgIpc) is 3.22. The molecular weight excluding hydrogens is 1190 g/mol. The van der Waals surface area contributed by atoms with Gasteiger partial charge in [0, 0.05) is 66.9 Å². The summed E-state index contributed by atoms with van der Waals surface area (Å²) >= 11 is 0. The van der Waals surface area contributed by atoms with Crippen molar-refractivity contribution in [3.8, 4) is 11.5 Å². The summed E-state index contributed by atoms with van der Waals surface area (Å²) in [7, 11) is -21.5. The van der Waals surface area contributed by atoms with Crippen molar-refractivity contribution in [3.63, 3.8) is 0 Å². The molecule has 0 saturated carbocycles. The zero-order valence-electron chi connectivity index (χ0n) is 38.2. The standard InChI is InChI=1S/C39H29N5O17S4.2Cu.2H3N.4Na/c45-35-27(18-30(63(53,54)55)25-12-7-13-29(33(25)35)62(50,51)52)41-43-38(15-14-23(20-39(38,48)49)21-8-3-1-4-9-21)44-42-28-19-31(64(56,57)58)26-16-24(40-37(47)22-10-5-2-6-11-22)17-32(65(59,60)61)34(26)36(28)46;;;;;;;;/h1-20,45-46,48-49H,(H,40,47)(H,50,51,52)(H,53,54,55)(H,56,57,58)(H,59,60,61);;;2*1H3;;;;/q;;;;;4*+1. The van der Waals surface area contributed by atoms with E-state index in [0.29, 0.717) is 23.8 Å². The first-order valence-electron chi connectivity index (χ1n) is 17.9. The van der Waals surface area contributed by atoms with Gasteiger partial charge in [-0.15, -0.1) is 20.5 Å². The van der Waals surface area contributed by atoms with E-state index in [0.717, 1.165) is 36.4 Å². The minimum absolute atomic E-state index is 0. The first-order valence-corrected chi connectivity index (χ1v) is 23.6. The Balaban J connectivity index is 0. The maximum absolute atomic E-state index is 12.9. The van der Waals surface area contributed by atoms with E-state index >= 15 is 0 Å². The van der Waals surface area contributed by atoms with E-state index in [-0.39, 0.29) is 176 Å². The van der Waals surface area contributed by atoms with Gasteiger partial charge >= 0.3 is 118 Å². The van der Waals surface area contributed by atoms with Crippen molar-refractivity contribution >= 4 is 90.6 Å². The molecule has 0 aliphatic heterocycles. The number of rotatable bonds is 11. The minimum Gasteiger partial charge on any atom is -0.505 e. The number of hydrogen-bond acceptors (Lipinski definition) is 19. The van der Waals surface area contributed by atoms with E-state index in [1.165, 1.54) is 30.3 Å². The molecule has 0 heterocycles. The van der Waals surface area contributed by atoms with E-state index in [9.17, 15) is 77.1 Å². The molecule has 2 radical (unpaired) electrons. The SMILES string of the molecule is N.N.O=C(Nc1cc(S(=O)(=O)O)c2c(O)c(N=NC3(N=Nc4cc(S(=O)(=O)O)c5cccc(S(=O)(=O)O)c5c4O)C=CC(c4ccccc4)=CC3(O)O)cc(S(=O)(=O)O)c2c1)c1ccccc1.[Cu].[Cu].[Na+].[Na+].[Na+].[Na+]. The number of aromatic hydroxyl groups is 2. The number of hydrogen-bond donors (Lipinski definition) is 11. The van der Waals surface area contributed by atoms with Gasteiger partial charge in [-0.25, -0.2) is 0 Å². The molecule has 7 rings (SSSR count). The Morgan fingerprint density at radius 2 is 0.973 bits per heavy atom. The van der Waals surface area contributed by atoms with Gasteiger partial charge in [-0.3, -0.25) is 23.0 Å². The first kappa shape index (κ1) is 73.2. The number of phenols is 2. The normalized spacial score (nSPS) is 15.1. The summed E-state index contributed by atoms with van der Waals surface area (Å²) in [5, 5.41) is 60.2. The molecule has 6 aromatic carbocycles. The van der Waals surface area contributed by atoms with Crippen molar-refractivity contribution in [2.45, 2.75) is 31.0 Å². The van der Waals surface area contributed by atoms with E-state index in [1.54, 1.807) is 36.4 Å².